The normalized spacial score (nSPS) is 9.89. The number of amides is 1. The summed E-state index contributed by atoms with van der Waals surface area (Å²) in [6.45, 7) is 1.96. The zero-order valence-electron chi connectivity index (χ0n) is 10.4. The molecule has 18 heavy (non-hydrogen) atoms. The standard InChI is InChI=1S/C15H15NO2/c1-11-8-9-13(15(17)16-2)14(10-11)18-12-6-4-3-5-7-12/h3-10H,1-2H3,(H,16,17). The molecule has 0 spiro atoms. The lowest BCUT2D eigenvalue weighted by molar-refractivity contribution is 0.0961. The van der Waals surface area contributed by atoms with E-state index in [4.69, 9.17) is 4.74 Å². The fraction of sp³-hybridized carbons (Fsp3) is 0.133. The van der Waals surface area contributed by atoms with Gasteiger partial charge in [-0.1, -0.05) is 24.3 Å². The summed E-state index contributed by atoms with van der Waals surface area (Å²) >= 11 is 0. The van der Waals surface area contributed by atoms with Gasteiger partial charge in [0.15, 0.2) is 0 Å². The molecule has 2 aromatic carbocycles. The van der Waals surface area contributed by atoms with Crippen LogP contribution in [-0.4, -0.2) is 13.0 Å². The first-order valence-corrected chi connectivity index (χ1v) is 5.76. The van der Waals surface area contributed by atoms with Gasteiger partial charge in [0.1, 0.15) is 11.5 Å². The summed E-state index contributed by atoms with van der Waals surface area (Å²) in [5.74, 6) is 1.13. The molecule has 1 N–H and O–H groups in total. The molecule has 0 heterocycles. The van der Waals surface area contributed by atoms with Crippen molar-refractivity contribution in [3.63, 3.8) is 0 Å². The van der Waals surface area contributed by atoms with Crippen molar-refractivity contribution in [1.82, 2.24) is 5.32 Å². The van der Waals surface area contributed by atoms with Crippen molar-refractivity contribution in [3.05, 3.63) is 59.7 Å². The van der Waals surface area contributed by atoms with Crippen molar-refractivity contribution in [2.75, 3.05) is 7.05 Å². The van der Waals surface area contributed by atoms with Gasteiger partial charge in [-0.15, -0.1) is 0 Å². The number of nitrogens with one attached hydrogen (secondary N) is 1. The maximum atomic E-state index is 11.7. The van der Waals surface area contributed by atoms with Crippen LogP contribution in [0.3, 0.4) is 0 Å². The lowest BCUT2D eigenvalue weighted by Crippen LogP contribution is -2.18. The van der Waals surface area contributed by atoms with Crippen LogP contribution < -0.4 is 10.1 Å². The van der Waals surface area contributed by atoms with E-state index < -0.39 is 0 Å². The summed E-state index contributed by atoms with van der Waals surface area (Å²) in [5.41, 5.74) is 1.58. The van der Waals surface area contributed by atoms with Gasteiger partial charge in [-0.2, -0.15) is 0 Å². The summed E-state index contributed by atoms with van der Waals surface area (Å²) in [4.78, 5) is 11.7. The molecule has 0 aliphatic carbocycles. The first-order valence-electron chi connectivity index (χ1n) is 5.76. The molecular weight excluding hydrogens is 226 g/mol. The Morgan fingerprint density at radius 1 is 1.11 bits per heavy atom. The topological polar surface area (TPSA) is 38.3 Å². The molecule has 3 nitrogen and oxygen atoms in total. The molecule has 1 amide bonds. The molecule has 2 rings (SSSR count). The highest BCUT2D eigenvalue weighted by Gasteiger charge is 2.11. The molecule has 0 atom stereocenters. The van der Waals surface area contributed by atoms with E-state index in [1.165, 1.54) is 0 Å². The minimum atomic E-state index is -0.152. The number of carbonyl (C=O) groups is 1. The van der Waals surface area contributed by atoms with Gasteiger partial charge >= 0.3 is 0 Å². The van der Waals surface area contributed by atoms with Crippen LogP contribution in [-0.2, 0) is 0 Å². The summed E-state index contributed by atoms with van der Waals surface area (Å²) in [5, 5.41) is 2.61. The number of aryl methyl sites for hydroxylation is 1. The molecule has 92 valence electrons. The molecule has 0 aliphatic heterocycles. The highest BCUT2D eigenvalue weighted by atomic mass is 16.5. The van der Waals surface area contributed by atoms with Gasteiger partial charge < -0.3 is 10.1 Å². The number of para-hydroxylation sites is 1. The number of ether oxygens (including phenoxy) is 1. The van der Waals surface area contributed by atoms with Gasteiger partial charge in [-0.25, -0.2) is 0 Å². The third-order valence-electron chi connectivity index (χ3n) is 2.58. The highest BCUT2D eigenvalue weighted by Crippen LogP contribution is 2.26. The predicted octanol–water partition coefficient (Wildman–Crippen LogP) is 3.15. The molecule has 0 unspecified atom stereocenters. The zero-order valence-corrected chi connectivity index (χ0v) is 10.4. The van der Waals surface area contributed by atoms with Crippen molar-refractivity contribution in [1.29, 1.82) is 0 Å². The van der Waals surface area contributed by atoms with Gasteiger partial charge in [-0.3, -0.25) is 4.79 Å². The number of hydrogen-bond acceptors (Lipinski definition) is 2. The zero-order chi connectivity index (χ0) is 13.0. The Kier molecular flexibility index (Phi) is 3.63. The monoisotopic (exact) mass is 241 g/mol. The largest absolute Gasteiger partial charge is 0.457 e. The summed E-state index contributed by atoms with van der Waals surface area (Å²) in [7, 11) is 1.61. The van der Waals surface area contributed by atoms with E-state index in [9.17, 15) is 4.79 Å². The van der Waals surface area contributed by atoms with Crippen LogP contribution in [0.4, 0.5) is 0 Å². The molecule has 0 aliphatic rings. The molecule has 0 bridgehead atoms. The number of carbonyl (C=O) groups excluding carboxylic acids is 1. The molecular formula is C15H15NO2. The average molecular weight is 241 g/mol. The van der Waals surface area contributed by atoms with Crippen LogP contribution in [0.1, 0.15) is 15.9 Å². The fourth-order valence-electron chi connectivity index (χ4n) is 1.65. The van der Waals surface area contributed by atoms with Crippen LogP contribution in [0.25, 0.3) is 0 Å². The fourth-order valence-corrected chi connectivity index (χ4v) is 1.65. The second-order valence-corrected chi connectivity index (χ2v) is 3.99. The summed E-state index contributed by atoms with van der Waals surface area (Å²) in [6, 6.07) is 14.9. The van der Waals surface area contributed by atoms with Gasteiger partial charge in [0.05, 0.1) is 5.56 Å². The quantitative estimate of drug-likeness (QED) is 0.896. The van der Waals surface area contributed by atoms with Crippen LogP contribution >= 0.6 is 0 Å². The Morgan fingerprint density at radius 2 is 1.83 bits per heavy atom. The second-order valence-electron chi connectivity index (χ2n) is 3.99. The number of benzene rings is 2. The molecule has 0 fully saturated rings. The van der Waals surface area contributed by atoms with Gasteiger partial charge in [0.2, 0.25) is 0 Å². The Morgan fingerprint density at radius 3 is 2.50 bits per heavy atom. The van der Waals surface area contributed by atoms with Crippen LogP contribution in [0, 0.1) is 6.92 Å². The third-order valence-corrected chi connectivity index (χ3v) is 2.58. The van der Waals surface area contributed by atoms with E-state index in [1.807, 2.05) is 49.4 Å². The van der Waals surface area contributed by atoms with Crippen molar-refractivity contribution >= 4 is 5.91 Å². The predicted molar refractivity (Wildman–Crippen MR) is 71.1 cm³/mol. The van der Waals surface area contributed by atoms with E-state index >= 15 is 0 Å². The van der Waals surface area contributed by atoms with Crippen LogP contribution in [0.2, 0.25) is 0 Å². The minimum absolute atomic E-state index is 0.152. The van der Waals surface area contributed by atoms with Crippen molar-refractivity contribution in [2.24, 2.45) is 0 Å². The lowest BCUT2D eigenvalue weighted by atomic mass is 10.1. The molecule has 0 saturated carbocycles. The molecule has 2 aromatic rings. The minimum Gasteiger partial charge on any atom is -0.457 e. The number of rotatable bonds is 3. The first-order chi connectivity index (χ1) is 8.70. The SMILES string of the molecule is CNC(=O)c1ccc(C)cc1Oc1ccccc1. The molecule has 0 aromatic heterocycles. The van der Waals surface area contributed by atoms with E-state index in [0.717, 1.165) is 5.56 Å². The Balaban J connectivity index is 2.36. The average Bonchev–Trinajstić information content (AvgIpc) is 2.39. The Labute approximate surface area is 106 Å². The van der Waals surface area contributed by atoms with Crippen molar-refractivity contribution in [3.8, 4) is 11.5 Å². The van der Waals surface area contributed by atoms with Gasteiger partial charge in [-0.05, 0) is 36.8 Å². The van der Waals surface area contributed by atoms with Crippen LogP contribution in [0.5, 0.6) is 11.5 Å². The van der Waals surface area contributed by atoms with Crippen LogP contribution in [0.15, 0.2) is 48.5 Å². The summed E-state index contributed by atoms with van der Waals surface area (Å²) < 4.78 is 5.75. The molecule has 0 radical (unpaired) electrons. The Hall–Kier alpha value is -2.29. The maximum absolute atomic E-state index is 11.7. The molecule has 3 heteroatoms. The summed E-state index contributed by atoms with van der Waals surface area (Å²) in [6.07, 6.45) is 0. The third kappa shape index (κ3) is 2.69. The van der Waals surface area contributed by atoms with Gasteiger partial charge in [0.25, 0.3) is 5.91 Å². The second kappa shape index (κ2) is 5.36. The van der Waals surface area contributed by atoms with E-state index in [1.54, 1.807) is 13.1 Å². The maximum Gasteiger partial charge on any atom is 0.254 e. The highest BCUT2D eigenvalue weighted by molar-refractivity contribution is 5.96. The first kappa shape index (κ1) is 12.2. The lowest BCUT2D eigenvalue weighted by Gasteiger charge is -2.11. The van der Waals surface area contributed by atoms with E-state index in [-0.39, 0.29) is 5.91 Å². The van der Waals surface area contributed by atoms with E-state index in [0.29, 0.717) is 17.1 Å². The van der Waals surface area contributed by atoms with Crippen molar-refractivity contribution < 1.29 is 9.53 Å². The Bertz CT molecular complexity index is 550. The van der Waals surface area contributed by atoms with Crippen molar-refractivity contribution in [2.45, 2.75) is 6.92 Å². The number of hydrogen-bond donors (Lipinski definition) is 1. The van der Waals surface area contributed by atoms with E-state index in [2.05, 4.69) is 5.32 Å². The molecule has 0 saturated heterocycles. The smallest absolute Gasteiger partial charge is 0.254 e. The van der Waals surface area contributed by atoms with Gasteiger partial charge in [0, 0.05) is 7.05 Å².